The van der Waals surface area contributed by atoms with Gasteiger partial charge in [0.15, 0.2) is 0 Å². The van der Waals surface area contributed by atoms with Crippen molar-refractivity contribution >= 4 is 15.9 Å². The predicted octanol–water partition coefficient (Wildman–Crippen LogP) is 3.87. The molecule has 1 rings (SSSR count). The van der Waals surface area contributed by atoms with Gasteiger partial charge in [0.1, 0.15) is 0 Å². The summed E-state index contributed by atoms with van der Waals surface area (Å²) >= 11 is 3.68. The molecule has 5 heteroatoms. The zero-order valence-electron chi connectivity index (χ0n) is 13.8. The van der Waals surface area contributed by atoms with Crippen LogP contribution in [0.2, 0.25) is 0 Å². The van der Waals surface area contributed by atoms with Crippen LogP contribution in [0.15, 0.2) is 4.47 Å². The van der Waals surface area contributed by atoms with Crippen LogP contribution in [0.5, 0.6) is 0 Å². The van der Waals surface area contributed by atoms with Crippen molar-refractivity contribution in [2.75, 3.05) is 0 Å². The third-order valence-electron chi connectivity index (χ3n) is 4.08. The van der Waals surface area contributed by atoms with E-state index in [1.54, 1.807) is 0 Å². The van der Waals surface area contributed by atoms with Crippen LogP contribution >= 0.6 is 15.9 Å². The highest BCUT2D eigenvalue weighted by Crippen LogP contribution is 2.23. The van der Waals surface area contributed by atoms with Crippen molar-refractivity contribution in [3.8, 4) is 0 Å². The summed E-state index contributed by atoms with van der Waals surface area (Å²) in [5, 5.41) is 4.55. The summed E-state index contributed by atoms with van der Waals surface area (Å²) in [6, 6.07) is 0.326. The van der Waals surface area contributed by atoms with Crippen molar-refractivity contribution in [1.29, 1.82) is 0 Å². The maximum absolute atomic E-state index is 5.73. The van der Waals surface area contributed by atoms with Gasteiger partial charge in [-0.1, -0.05) is 52.4 Å². The van der Waals surface area contributed by atoms with Gasteiger partial charge >= 0.3 is 0 Å². The lowest BCUT2D eigenvalue weighted by Gasteiger charge is -2.16. The third kappa shape index (κ3) is 6.09. The van der Waals surface area contributed by atoms with E-state index in [4.69, 9.17) is 5.84 Å². The summed E-state index contributed by atoms with van der Waals surface area (Å²) < 4.78 is 3.13. The number of nitrogens with zero attached hydrogens (tertiary/aromatic N) is 2. The lowest BCUT2D eigenvalue weighted by molar-refractivity contribution is 0.449. The molecule has 122 valence electrons. The number of aryl methyl sites for hydroxylation is 2. The third-order valence-corrected chi connectivity index (χ3v) is 5.00. The van der Waals surface area contributed by atoms with E-state index < -0.39 is 0 Å². The van der Waals surface area contributed by atoms with Crippen molar-refractivity contribution in [3.63, 3.8) is 0 Å². The van der Waals surface area contributed by atoms with Gasteiger partial charge in [-0.05, 0) is 28.8 Å². The molecule has 1 heterocycles. The lowest BCUT2D eigenvalue weighted by Crippen LogP contribution is -2.37. The molecule has 0 amide bonds. The number of nitrogens with two attached hydrogens (primary N) is 1. The fraction of sp³-hybridized carbons (Fsp3) is 0.812. The summed E-state index contributed by atoms with van der Waals surface area (Å²) in [5.41, 5.74) is 5.34. The Labute approximate surface area is 138 Å². The van der Waals surface area contributed by atoms with Crippen LogP contribution in [0.3, 0.4) is 0 Å². The van der Waals surface area contributed by atoms with Gasteiger partial charge in [-0.15, -0.1) is 0 Å². The molecule has 1 unspecified atom stereocenters. The largest absolute Gasteiger partial charge is 0.271 e. The Morgan fingerprint density at radius 3 is 2.43 bits per heavy atom. The highest BCUT2D eigenvalue weighted by Gasteiger charge is 2.16. The standard InChI is InChI=1S/C16H31BrN4/c1-4-6-7-8-9-10-11-13(19-18)12-15-16(17)14(5-2)20-21(15)3/h13,19H,4-12,18H2,1-3H3. The number of halogens is 1. The van der Waals surface area contributed by atoms with E-state index in [2.05, 4.69) is 40.3 Å². The molecule has 0 aromatic carbocycles. The lowest BCUT2D eigenvalue weighted by atomic mass is 10.0. The van der Waals surface area contributed by atoms with Gasteiger partial charge in [0.25, 0.3) is 0 Å². The molecule has 0 aliphatic heterocycles. The molecule has 4 nitrogen and oxygen atoms in total. The summed E-state index contributed by atoms with van der Waals surface area (Å²) in [4.78, 5) is 0. The van der Waals surface area contributed by atoms with Crippen molar-refractivity contribution < 1.29 is 0 Å². The summed E-state index contributed by atoms with van der Waals surface area (Å²) in [7, 11) is 2.01. The number of aromatic nitrogens is 2. The monoisotopic (exact) mass is 358 g/mol. The molecule has 0 radical (unpaired) electrons. The Kier molecular flexibility index (Phi) is 9.20. The molecule has 0 aliphatic rings. The first-order valence-corrected chi connectivity index (χ1v) is 9.09. The van der Waals surface area contributed by atoms with Gasteiger partial charge in [-0.2, -0.15) is 5.10 Å². The van der Waals surface area contributed by atoms with E-state index >= 15 is 0 Å². The van der Waals surface area contributed by atoms with Crippen molar-refractivity contribution in [2.24, 2.45) is 12.9 Å². The van der Waals surface area contributed by atoms with Crippen molar-refractivity contribution in [2.45, 2.75) is 77.7 Å². The Morgan fingerprint density at radius 1 is 1.19 bits per heavy atom. The van der Waals surface area contributed by atoms with Crippen molar-refractivity contribution in [3.05, 3.63) is 15.9 Å². The van der Waals surface area contributed by atoms with Crippen LogP contribution in [0.4, 0.5) is 0 Å². The van der Waals surface area contributed by atoms with E-state index in [9.17, 15) is 0 Å². The second kappa shape index (κ2) is 10.4. The minimum atomic E-state index is 0.326. The molecular weight excluding hydrogens is 328 g/mol. The van der Waals surface area contributed by atoms with Crippen LogP contribution in [0, 0.1) is 0 Å². The first kappa shape index (κ1) is 18.7. The quantitative estimate of drug-likeness (QED) is 0.358. The SMILES string of the molecule is CCCCCCCCC(Cc1c(Br)c(CC)nn1C)NN. The molecule has 0 saturated heterocycles. The number of hydrogen-bond acceptors (Lipinski definition) is 3. The van der Waals surface area contributed by atoms with Gasteiger partial charge < -0.3 is 0 Å². The number of unbranched alkanes of at least 4 members (excludes halogenated alkanes) is 5. The second-order valence-electron chi connectivity index (χ2n) is 5.81. The normalized spacial score (nSPS) is 12.8. The number of nitrogens with one attached hydrogen (secondary N) is 1. The number of hydrazine groups is 1. The van der Waals surface area contributed by atoms with Gasteiger partial charge in [0.2, 0.25) is 0 Å². The zero-order valence-corrected chi connectivity index (χ0v) is 15.4. The van der Waals surface area contributed by atoms with E-state index in [0.717, 1.165) is 29.4 Å². The summed E-state index contributed by atoms with van der Waals surface area (Å²) in [6.07, 6.45) is 10.9. The average Bonchev–Trinajstić information content (AvgIpc) is 2.76. The molecule has 0 bridgehead atoms. The average molecular weight is 359 g/mol. The molecule has 1 aromatic rings. The summed E-state index contributed by atoms with van der Waals surface area (Å²) in [5.74, 6) is 5.73. The first-order valence-electron chi connectivity index (χ1n) is 8.30. The van der Waals surface area contributed by atoms with Gasteiger partial charge in [-0.3, -0.25) is 16.0 Å². The van der Waals surface area contributed by atoms with E-state index in [1.165, 1.54) is 44.2 Å². The van der Waals surface area contributed by atoms with E-state index in [0.29, 0.717) is 6.04 Å². The molecular formula is C16H31BrN4. The topological polar surface area (TPSA) is 55.9 Å². The van der Waals surface area contributed by atoms with Crippen LogP contribution in [0.1, 0.15) is 70.2 Å². The van der Waals surface area contributed by atoms with E-state index in [-0.39, 0.29) is 0 Å². The van der Waals surface area contributed by atoms with Crippen LogP contribution in [-0.2, 0) is 19.9 Å². The minimum absolute atomic E-state index is 0.326. The Hall–Kier alpha value is -0.390. The van der Waals surface area contributed by atoms with Gasteiger partial charge in [-0.25, -0.2) is 0 Å². The molecule has 0 spiro atoms. The minimum Gasteiger partial charge on any atom is -0.271 e. The molecule has 0 saturated carbocycles. The maximum Gasteiger partial charge on any atom is 0.0766 e. The van der Waals surface area contributed by atoms with Gasteiger partial charge in [0.05, 0.1) is 15.9 Å². The number of hydrogen-bond donors (Lipinski definition) is 2. The molecule has 0 fully saturated rings. The fourth-order valence-electron chi connectivity index (χ4n) is 2.69. The van der Waals surface area contributed by atoms with Crippen LogP contribution in [0.25, 0.3) is 0 Å². The molecule has 1 atom stereocenters. The first-order chi connectivity index (χ1) is 10.1. The van der Waals surface area contributed by atoms with Crippen molar-refractivity contribution in [1.82, 2.24) is 15.2 Å². The summed E-state index contributed by atoms with van der Waals surface area (Å²) in [6.45, 7) is 4.39. The predicted molar refractivity (Wildman–Crippen MR) is 93.1 cm³/mol. The molecule has 3 N–H and O–H groups in total. The molecule has 0 aliphatic carbocycles. The smallest absolute Gasteiger partial charge is 0.0766 e. The second-order valence-corrected chi connectivity index (χ2v) is 6.60. The number of rotatable bonds is 11. The van der Waals surface area contributed by atoms with Gasteiger partial charge in [0, 0.05) is 19.5 Å². The maximum atomic E-state index is 5.73. The highest BCUT2D eigenvalue weighted by atomic mass is 79.9. The Bertz CT molecular complexity index is 403. The highest BCUT2D eigenvalue weighted by molar-refractivity contribution is 9.10. The Balaban J connectivity index is 2.42. The molecule has 21 heavy (non-hydrogen) atoms. The zero-order chi connectivity index (χ0) is 15.7. The molecule has 1 aromatic heterocycles. The van der Waals surface area contributed by atoms with Crippen LogP contribution < -0.4 is 11.3 Å². The van der Waals surface area contributed by atoms with E-state index in [1.807, 2.05) is 11.7 Å². The Morgan fingerprint density at radius 2 is 1.86 bits per heavy atom. The van der Waals surface area contributed by atoms with Crippen LogP contribution in [-0.4, -0.2) is 15.8 Å². The fourth-order valence-corrected chi connectivity index (χ4v) is 3.47.